The van der Waals surface area contributed by atoms with Crippen molar-refractivity contribution in [2.45, 2.75) is 45.6 Å². The number of phenols is 1. The van der Waals surface area contributed by atoms with Crippen molar-refractivity contribution in [2.24, 2.45) is 0 Å². The maximum Gasteiger partial charge on any atom is 0.506 e. The van der Waals surface area contributed by atoms with Gasteiger partial charge in [-0.15, -0.1) is 0 Å². The first kappa shape index (κ1) is 23.2. The molecule has 1 aliphatic rings. The van der Waals surface area contributed by atoms with Gasteiger partial charge >= 0.3 is 6.16 Å². The van der Waals surface area contributed by atoms with Gasteiger partial charge in [0.2, 0.25) is 0 Å². The summed E-state index contributed by atoms with van der Waals surface area (Å²) in [7, 11) is 0. The summed E-state index contributed by atoms with van der Waals surface area (Å²) in [6.45, 7) is 4.41. The molecule has 0 bridgehead atoms. The van der Waals surface area contributed by atoms with E-state index in [0.29, 0.717) is 60.9 Å². The summed E-state index contributed by atoms with van der Waals surface area (Å²) < 4.78 is 22.0. The lowest BCUT2D eigenvalue weighted by atomic mass is 10.0. The number of ether oxygens (including phenoxy) is 4. The molecule has 172 valence electrons. The Morgan fingerprint density at radius 3 is 2.66 bits per heavy atom. The lowest BCUT2D eigenvalue weighted by Crippen LogP contribution is -2.30. The third-order valence-corrected chi connectivity index (χ3v) is 5.11. The summed E-state index contributed by atoms with van der Waals surface area (Å²) in [4.78, 5) is 22.3. The number of aromatic hydroxyl groups is 1. The number of carboxylic acid groups (broad SMARTS) is 1. The molecule has 2 aromatic rings. The molecule has 0 radical (unpaired) electrons. The first-order valence-electron chi connectivity index (χ1n) is 10.7. The molecule has 0 saturated heterocycles. The second-order valence-corrected chi connectivity index (χ2v) is 7.59. The molecule has 0 fully saturated rings. The van der Waals surface area contributed by atoms with Crippen molar-refractivity contribution in [3.63, 3.8) is 0 Å². The van der Waals surface area contributed by atoms with Crippen LogP contribution in [0.4, 0.5) is 4.79 Å². The van der Waals surface area contributed by atoms with E-state index in [0.717, 1.165) is 12.0 Å². The molecule has 0 aliphatic carbocycles. The van der Waals surface area contributed by atoms with Crippen LogP contribution in [0.15, 0.2) is 30.3 Å². The molecule has 1 atom stereocenters. The summed E-state index contributed by atoms with van der Waals surface area (Å²) in [5.74, 6) is 1.71. The number of phenolic OH excluding ortho intramolecular Hbond substituents is 1. The Hall–Kier alpha value is -3.42. The molecule has 0 spiro atoms. The van der Waals surface area contributed by atoms with Crippen molar-refractivity contribution in [1.82, 2.24) is 0 Å². The third kappa shape index (κ3) is 5.84. The smallest absolute Gasteiger partial charge is 0.506 e. The topological polar surface area (TPSA) is 112 Å². The average molecular weight is 444 g/mol. The predicted octanol–water partition coefficient (Wildman–Crippen LogP) is 4.39. The van der Waals surface area contributed by atoms with Gasteiger partial charge in [-0.2, -0.15) is 0 Å². The highest BCUT2D eigenvalue weighted by molar-refractivity contribution is 5.97. The molecule has 1 aliphatic heterocycles. The lowest BCUT2D eigenvalue weighted by molar-refractivity contribution is 0.0228. The highest BCUT2D eigenvalue weighted by atomic mass is 16.7. The lowest BCUT2D eigenvalue weighted by Gasteiger charge is -2.24. The van der Waals surface area contributed by atoms with Crippen LogP contribution in [0.2, 0.25) is 0 Å². The van der Waals surface area contributed by atoms with E-state index >= 15 is 0 Å². The standard InChI is InChI=1S/C24H28O8/c1-3-5-20-21(9-8-19(15(2)25)23(20)26)30-11-4-10-29-17-7-6-16-12-18(32-24(27)28)14-31-22(16)13-17/h6-9,13,18,26H,3-5,10-12,14H2,1-2H3,(H,27,28). The van der Waals surface area contributed by atoms with E-state index in [-0.39, 0.29) is 18.1 Å². The van der Waals surface area contributed by atoms with Crippen LogP contribution in [0.25, 0.3) is 0 Å². The highest BCUT2D eigenvalue weighted by Crippen LogP contribution is 2.33. The molecule has 8 heteroatoms. The molecule has 0 saturated carbocycles. The fourth-order valence-corrected chi connectivity index (χ4v) is 3.59. The van der Waals surface area contributed by atoms with Crippen LogP contribution >= 0.6 is 0 Å². The van der Waals surface area contributed by atoms with Gasteiger partial charge in [-0.25, -0.2) is 4.79 Å². The Bertz CT molecular complexity index is 969. The maximum atomic E-state index is 11.7. The minimum Gasteiger partial charge on any atom is -0.507 e. The minimum atomic E-state index is -1.31. The molecule has 0 aromatic heterocycles. The molecule has 1 heterocycles. The Balaban J connectivity index is 1.50. The van der Waals surface area contributed by atoms with Crippen LogP contribution in [0.3, 0.4) is 0 Å². The van der Waals surface area contributed by atoms with Crippen molar-refractivity contribution < 1.29 is 38.7 Å². The summed E-state index contributed by atoms with van der Waals surface area (Å²) >= 11 is 0. The van der Waals surface area contributed by atoms with Gasteiger partial charge in [0.05, 0.1) is 18.8 Å². The quantitative estimate of drug-likeness (QED) is 0.315. The van der Waals surface area contributed by atoms with Crippen LogP contribution in [-0.4, -0.2) is 48.1 Å². The monoisotopic (exact) mass is 444 g/mol. The zero-order valence-corrected chi connectivity index (χ0v) is 18.3. The minimum absolute atomic E-state index is 0.00171. The number of carbonyl (C=O) groups is 2. The molecule has 1 unspecified atom stereocenters. The number of carbonyl (C=O) groups excluding carboxylic acids is 1. The van der Waals surface area contributed by atoms with Gasteiger partial charge in [0.25, 0.3) is 0 Å². The van der Waals surface area contributed by atoms with E-state index in [4.69, 9.17) is 24.1 Å². The van der Waals surface area contributed by atoms with Gasteiger partial charge in [-0.3, -0.25) is 4.79 Å². The number of Topliss-reactive ketones (excluding diaryl/α,β-unsaturated/α-hetero) is 1. The van der Waals surface area contributed by atoms with Gasteiger partial charge in [0.1, 0.15) is 35.7 Å². The Morgan fingerprint density at radius 2 is 1.94 bits per heavy atom. The maximum absolute atomic E-state index is 11.7. The van der Waals surface area contributed by atoms with Gasteiger partial charge in [0, 0.05) is 24.5 Å². The van der Waals surface area contributed by atoms with Crippen LogP contribution < -0.4 is 14.2 Å². The first-order valence-corrected chi connectivity index (χ1v) is 10.7. The van der Waals surface area contributed by atoms with Crippen molar-refractivity contribution in [3.8, 4) is 23.0 Å². The van der Waals surface area contributed by atoms with Crippen molar-refractivity contribution in [3.05, 3.63) is 47.0 Å². The fourth-order valence-electron chi connectivity index (χ4n) is 3.59. The number of fused-ring (bicyclic) bond motifs is 1. The van der Waals surface area contributed by atoms with Crippen molar-refractivity contribution in [2.75, 3.05) is 19.8 Å². The zero-order valence-electron chi connectivity index (χ0n) is 18.3. The van der Waals surface area contributed by atoms with E-state index in [1.807, 2.05) is 19.1 Å². The molecule has 2 aromatic carbocycles. The van der Waals surface area contributed by atoms with Gasteiger partial charge < -0.3 is 29.2 Å². The van der Waals surface area contributed by atoms with Gasteiger partial charge in [0.15, 0.2) is 5.78 Å². The third-order valence-electron chi connectivity index (χ3n) is 5.11. The SMILES string of the molecule is CCCc1c(OCCCOc2ccc3c(c2)OCC(OC(=O)O)C3)ccc(C(C)=O)c1O. The second kappa shape index (κ2) is 10.7. The van der Waals surface area contributed by atoms with Crippen LogP contribution in [0, 0.1) is 0 Å². The number of hydrogen-bond acceptors (Lipinski definition) is 7. The Kier molecular flexibility index (Phi) is 7.81. The zero-order chi connectivity index (χ0) is 23.1. The number of benzene rings is 2. The molecule has 2 N–H and O–H groups in total. The van der Waals surface area contributed by atoms with E-state index < -0.39 is 12.3 Å². The number of hydrogen-bond donors (Lipinski definition) is 2. The highest BCUT2D eigenvalue weighted by Gasteiger charge is 2.23. The largest absolute Gasteiger partial charge is 0.507 e. The van der Waals surface area contributed by atoms with Gasteiger partial charge in [-0.1, -0.05) is 19.4 Å². The predicted molar refractivity (Wildman–Crippen MR) is 116 cm³/mol. The number of ketones is 1. The molecule has 32 heavy (non-hydrogen) atoms. The molecule has 8 nitrogen and oxygen atoms in total. The first-order chi connectivity index (χ1) is 15.4. The van der Waals surface area contributed by atoms with E-state index in [1.54, 1.807) is 18.2 Å². The van der Waals surface area contributed by atoms with Gasteiger partial charge in [-0.05, 0) is 37.1 Å². The van der Waals surface area contributed by atoms with Crippen LogP contribution in [0.1, 0.15) is 48.2 Å². The van der Waals surface area contributed by atoms with Crippen LogP contribution in [0.5, 0.6) is 23.0 Å². The Labute approximate surface area is 186 Å². The van der Waals surface area contributed by atoms with Crippen molar-refractivity contribution >= 4 is 11.9 Å². The summed E-state index contributed by atoms with van der Waals surface area (Å²) in [5.41, 5.74) is 1.83. The van der Waals surface area contributed by atoms with E-state index in [2.05, 4.69) is 0 Å². The molecular formula is C24H28O8. The molecule has 3 rings (SSSR count). The van der Waals surface area contributed by atoms with E-state index in [1.165, 1.54) is 6.92 Å². The normalized spacial score (nSPS) is 14.8. The van der Waals surface area contributed by atoms with Crippen molar-refractivity contribution in [1.29, 1.82) is 0 Å². The fraction of sp³-hybridized carbons (Fsp3) is 0.417. The second-order valence-electron chi connectivity index (χ2n) is 7.59. The average Bonchev–Trinajstić information content (AvgIpc) is 2.75. The van der Waals surface area contributed by atoms with E-state index in [9.17, 15) is 14.7 Å². The number of rotatable bonds is 10. The summed E-state index contributed by atoms with van der Waals surface area (Å²) in [5, 5.41) is 19.1. The molecule has 0 amide bonds. The Morgan fingerprint density at radius 1 is 1.16 bits per heavy atom. The van der Waals surface area contributed by atoms with Crippen LogP contribution in [-0.2, 0) is 17.6 Å². The molecular weight excluding hydrogens is 416 g/mol. The summed E-state index contributed by atoms with van der Waals surface area (Å²) in [6.07, 6.45) is 0.698. The summed E-state index contributed by atoms with van der Waals surface area (Å²) in [6, 6.07) is 8.75.